The highest BCUT2D eigenvalue weighted by molar-refractivity contribution is 5.98. The van der Waals surface area contributed by atoms with E-state index < -0.39 is 0 Å². The molecule has 2 aliphatic heterocycles. The summed E-state index contributed by atoms with van der Waals surface area (Å²) in [6.45, 7) is 1.86. The quantitative estimate of drug-likeness (QED) is 0.813. The Balaban J connectivity index is 1.42. The van der Waals surface area contributed by atoms with Crippen LogP contribution in [-0.4, -0.2) is 36.3 Å². The first-order valence-electron chi connectivity index (χ1n) is 9.97. The molecule has 4 rings (SSSR count). The van der Waals surface area contributed by atoms with Crippen molar-refractivity contribution in [1.29, 1.82) is 0 Å². The molecular weight excluding hydrogens is 355 g/mol. The van der Waals surface area contributed by atoms with E-state index in [4.69, 9.17) is 0 Å². The molecule has 28 heavy (non-hydrogen) atoms. The molecule has 2 aliphatic rings. The Morgan fingerprint density at radius 3 is 2.32 bits per heavy atom. The highest BCUT2D eigenvalue weighted by Gasteiger charge is 2.46. The van der Waals surface area contributed by atoms with Crippen molar-refractivity contribution >= 4 is 17.5 Å². The van der Waals surface area contributed by atoms with Crippen LogP contribution in [0.25, 0.3) is 0 Å². The third kappa shape index (κ3) is 3.53. The Kier molecular flexibility index (Phi) is 5.16. The maximum absolute atomic E-state index is 13.8. The van der Waals surface area contributed by atoms with Crippen LogP contribution < -0.4 is 4.90 Å². The summed E-state index contributed by atoms with van der Waals surface area (Å²) in [4.78, 5) is 29.6. The minimum atomic E-state index is -0.372. The van der Waals surface area contributed by atoms with Crippen molar-refractivity contribution in [2.24, 2.45) is 5.41 Å². The van der Waals surface area contributed by atoms with Gasteiger partial charge in [0.05, 0.1) is 11.8 Å². The summed E-state index contributed by atoms with van der Waals surface area (Å²) in [5.41, 5.74) is 1.00. The zero-order valence-corrected chi connectivity index (χ0v) is 15.9. The minimum absolute atomic E-state index is 0.0666. The molecule has 0 aromatic heterocycles. The van der Waals surface area contributed by atoms with E-state index in [0.717, 1.165) is 25.1 Å². The lowest BCUT2D eigenvalue weighted by atomic mass is 9.71. The molecule has 0 unspecified atom stereocenters. The molecule has 0 aliphatic carbocycles. The lowest BCUT2D eigenvalue weighted by Gasteiger charge is -2.46. The van der Waals surface area contributed by atoms with Crippen molar-refractivity contribution in [3.8, 4) is 0 Å². The smallest absolute Gasteiger partial charge is 0.233 e. The van der Waals surface area contributed by atoms with Crippen molar-refractivity contribution in [2.75, 3.05) is 24.5 Å². The fraction of sp³-hybridized carbons (Fsp3) is 0.391. The van der Waals surface area contributed by atoms with Crippen molar-refractivity contribution in [3.63, 3.8) is 0 Å². The van der Waals surface area contributed by atoms with E-state index in [-0.39, 0.29) is 29.5 Å². The number of anilines is 1. The first kappa shape index (κ1) is 18.7. The molecule has 2 heterocycles. The number of nitrogens with zero attached hydrogens (tertiary/aromatic N) is 2. The SMILES string of the molecule is O=C(Cc1ccccc1F)N1CCC2(CCCN(c3ccccc3)C2=O)CC1. The lowest BCUT2D eigenvalue weighted by molar-refractivity contribution is -0.140. The topological polar surface area (TPSA) is 40.6 Å². The zero-order valence-electron chi connectivity index (χ0n) is 15.9. The Morgan fingerprint density at radius 1 is 0.929 bits per heavy atom. The van der Waals surface area contributed by atoms with Crippen LogP contribution >= 0.6 is 0 Å². The van der Waals surface area contributed by atoms with Gasteiger partial charge >= 0.3 is 0 Å². The Bertz CT molecular complexity index is 860. The van der Waals surface area contributed by atoms with Crippen molar-refractivity contribution in [2.45, 2.75) is 32.1 Å². The Labute approximate surface area is 164 Å². The largest absolute Gasteiger partial charge is 0.342 e. The summed E-state index contributed by atoms with van der Waals surface area (Å²) < 4.78 is 13.8. The Morgan fingerprint density at radius 2 is 1.61 bits per heavy atom. The van der Waals surface area contributed by atoms with E-state index >= 15 is 0 Å². The summed E-state index contributed by atoms with van der Waals surface area (Å²) >= 11 is 0. The van der Waals surface area contributed by atoms with Gasteiger partial charge in [0, 0.05) is 25.3 Å². The second-order valence-corrected chi connectivity index (χ2v) is 7.83. The Hall–Kier alpha value is -2.69. The number of benzene rings is 2. The van der Waals surface area contributed by atoms with Crippen LogP contribution in [0.5, 0.6) is 0 Å². The minimum Gasteiger partial charge on any atom is -0.342 e. The fourth-order valence-electron chi connectivity index (χ4n) is 4.49. The fourth-order valence-corrected chi connectivity index (χ4v) is 4.49. The predicted octanol–water partition coefficient (Wildman–Crippen LogP) is 3.80. The number of para-hydroxylation sites is 1. The summed E-state index contributed by atoms with van der Waals surface area (Å²) in [6.07, 6.45) is 3.29. The van der Waals surface area contributed by atoms with Gasteiger partial charge in [-0.1, -0.05) is 36.4 Å². The van der Waals surface area contributed by atoms with E-state index in [1.165, 1.54) is 6.07 Å². The van der Waals surface area contributed by atoms with Gasteiger partial charge in [0.25, 0.3) is 0 Å². The number of carbonyl (C=O) groups is 2. The molecule has 4 nitrogen and oxygen atoms in total. The maximum Gasteiger partial charge on any atom is 0.233 e. The first-order valence-corrected chi connectivity index (χ1v) is 9.97. The van der Waals surface area contributed by atoms with Gasteiger partial charge in [-0.2, -0.15) is 0 Å². The number of rotatable bonds is 3. The molecule has 2 aromatic rings. The summed E-state index contributed by atoms with van der Waals surface area (Å²) in [7, 11) is 0. The molecule has 146 valence electrons. The van der Waals surface area contributed by atoms with Gasteiger partial charge in [-0.05, 0) is 49.4 Å². The van der Waals surface area contributed by atoms with Crippen molar-refractivity contribution in [1.82, 2.24) is 4.90 Å². The molecule has 0 atom stereocenters. The third-order valence-electron chi connectivity index (χ3n) is 6.18. The predicted molar refractivity (Wildman–Crippen MR) is 106 cm³/mol. The van der Waals surface area contributed by atoms with Gasteiger partial charge < -0.3 is 9.80 Å². The second kappa shape index (κ2) is 7.74. The van der Waals surface area contributed by atoms with Gasteiger partial charge in [-0.25, -0.2) is 4.39 Å². The molecule has 2 fully saturated rings. The highest BCUT2D eigenvalue weighted by atomic mass is 19.1. The van der Waals surface area contributed by atoms with Gasteiger partial charge in [0.1, 0.15) is 5.82 Å². The van der Waals surface area contributed by atoms with E-state index in [9.17, 15) is 14.0 Å². The second-order valence-electron chi connectivity index (χ2n) is 7.83. The molecule has 0 radical (unpaired) electrons. The average molecular weight is 380 g/mol. The van der Waals surface area contributed by atoms with Gasteiger partial charge in [-0.15, -0.1) is 0 Å². The average Bonchev–Trinajstić information content (AvgIpc) is 2.73. The van der Waals surface area contributed by atoms with Crippen molar-refractivity contribution in [3.05, 3.63) is 66.0 Å². The van der Waals surface area contributed by atoms with Crippen LogP contribution in [0.4, 0.5) is 10.1 Å². The maximum atomic E-state index is 13.8. The first-order chi connectivity index (χ1) is 13.6. The van der Waals surface area contributed by atoms with E-state index in [1.54, 1.807) is 23.1 Å². The molecule has 0 bridgehead atoms. The lowest BCUT2D eigenvalue weighted by Crippen LogP contribution is -2.54. The molecular formula is C23H25FN2O2. The molecule has 5 heteroatoms. The van der Waals surface area contributed by atoms with Gasteiger partial charge in [0.15, 0.2) is 0 Å². The molecule has 1 spiro atoms. The standard InChI is InChI=1S/C23H25FN2O2/c24-20-10-5-4-7-18(20)17-21(27)25-15-12-23(13-16-25)11-6-14-26(22(23)28)19-8-2-1-3-9-19/h1-5,7-10H,6,11-17H2. The monoisotopic (exact) mass is 380 g/mol. The van der Waals surface area contributed by atoms with Crippen molar-refractivity contribution < 1.29 is 14.0 Å². The third-order valence-corrected chi connectivity index (χ3v) is 6.18. The molecule has 0 saturated carbocycles. The number of hydrogen-bond donors (Lipinski definition) is 0. The molecule has 0 N–H and O–H groups in total. The van der Waals surface area contributed by atoms with Gasteiger partial charge in [-0.3, -0.25) is 9.59 Å². The zero-order chi connectivity index (χ0) is 19.6. The number of halogens is 1. The van der Waals surface area contributed by atoms with Crippen LogP contribution in [0.2, 0.25) is 0 Å². The van der Waals surface area contributed by atoms with E-state index in [1.807, 2.05) is 35.2 Å². The molecule has 2 amide bonds. The molecule has 2 saturated heterocycles. The number of likely N-dealkylation sites (tertiary alicyclic amines) is 1. The summed E-state index contributed by atoms with van der Waals surface area (Å²) in [5, 5.41) is 0. The van der Waals surface area contributed by atoms with Crippen LogP contribution in [0.15, 0.2) is 54.6 Å². The number of amides is 2. The van der Waals surface area contributed by atoms with Crippen LogP contribution in [-0.2, 0) is 16.0 Å². The number of hydrogen-bond acceptors (Lipinski definition) is 2. The van der Waals surface area contributed by atoms with E-state index in [0.29, 0.717) is 31.5 Å². The van der Waals surface area contributed by atoms with Crippen LogP contribution in [0, 0.1) is 11.2 Å². The number of carbonyl (C=O) groups excluding carboxylic acids is 2. The van der Waals surface area contributed by atoms with E-state index in [2.05, 4.69) is 0 Å². The van der Waals surface area contributed by atoms with Crippen LogP contribution in [0.1, 0.15) is 31.2 Å². The van der Waals surface area contributed by atoms with Crippen LogP contribution in [0.3, 0.4) is 0 Å². The summed E-state index contributed by atoms with van der Waals surface area (Å²) in [5.74, 6) is -0.223. The highest BCUT2D eigenvalue weighted by Crippen LogP contribution is 2.42. The molecule has 2 aromatic carbocycles. The normalized spacial score (nSPS) is 19.1. The summed E-state index contributed by atoms with van der Waals surface area (Å²) in [6, 6.07) is 16.2. The van der Waals surface area contributed by atoms with Gasteiger partial charge in [0.2, 0.25) is 11.8 Å². The number of piperidine rings is 2.